The van der Waals surface area contributed by atoms with Gasteiger partial charge in [-0.3, -0.25) is 14.4 Å². The molecular formula is C7H9NO6. The zero-order valence-corrected chi connectivity index (χ0v) is 7.31. The third kappa shape index (κ3) is 4.19. The summed E-state index contributed by atoms with van der Waals surface area (Å²) < 4.78 is 0. The number of hydrogen-bond acceptors (Lipinski definition) is 4. The lowest BCUT2D eigenvalue weighted by molar-refractivity contribution is -0.150. The van der Waals surface area contributed by atoms with Crippen LogP contribution in [0.4, 0.5) is 0 Å². The molecule has 0 aliphatic rings. The fraction of sp³-hybridized carbons (Fsp3) is 0.429. The van der Waals surface area contributed by atoms with Crippen LogP contribution in [0.3, 0.4) is 0 Å². The Hall–Kier alpha value is -1.92. The first-order valence-corrected chi connectivity index (χ1v) is 3.63. The predicted octanol–water partition coefficient (Wildman–Crippen LogP) is -1.38. The highest BCUT2D eigenvalue weighted by Crippen LogP contribution is 1.87. The van der Waals surface area contributed by atoms with E-state index in [9.17, 15) is 19.2 Å². The number of nitrogens with one attached hydrogen (secondary N) is 1. The van der Waals surface area contributed by atoms with Crippen molar-refractivity contribution in [1.82, 2.24) is 5.32 Å². The van der Waals surface area contributed by atoms with Gasteiger partial charge in [0.15, 0.2) is 0 Å². The highest BCUT2D eigenvalue weighted by molar-refractivity contribution is 6.36. The minimum Gasteiger partial charge on any atom is -0.480 e. The lowest BCUT2D eigenvalue weighted by Gasteiger charge is -2.07. The van der Waals surface area contributed by atoms with Gasteiger partial charge < -0.3 is 15.5 Å². The van der Waals surface area contributed by atoms with Crippen LogP contribution in [0.2, 0.25) is 0 Å². The van der Waals surface area contributed by atoms with Crippen LogP contribution in [-0.4, -0.2) is 39.9 Å². The highest BCUT2D eigenvalue weighted by atomic mass is 16.4. The summed E-state index contributed by atoms with van der Waals surface area (Å²) in [5.41, 5.74) is 0. The van der Waals surface area contributed by atoms with E-state index in [2.05, 4.69) is 0 Å². The summed E-state index contributed by atoms with van der Waals surface area (Å²) in [4.78, 5) is 41.6. The topological polar surface area (TPSA) is 121 Å². The summed E-state index contributed by atoms with van der Waals surface area (Å²) in [6.07, 6.45) is -0.854. The lowest BCUT2D eigenvalue weighted by atomic mass is 10.2. The second-order valence-corrected chi connectivity index (χ2v) is 2.53. The molecule has 0 spiro atoms. The third-order valence-electron chi connectivity index (χ3n) is 1.31. The molecule has 0 radical (unpaired) electrons. The van der Waals surface area contributed by atoms with Crippen molar-refractivity contribution in [3.63, 3.8) is 0 Å². The van der Waals surface area contributed by atoms with Gasteiger partial charge in [-0.05, 0) is 6.92 Å². The van der Waals surface area contributed by atoms with Crippen molar-refractivity contribution < 1.29 is 29.4 Å². The standard InChI is InChI=1S/C7H9NO6/c1-3(6(11)12)8-5(10)2-4(9)7(13)14/h3H,2H2,1H3,(H,8,10)(H,11,12)(H,13,14). The maximum absolute atomic E-state index is 10.8. The Morgan fingerprint density at radius 2 is 1.71 bits per heavy atom. The van der Waals surface area contributed by atoms with Crippen molar-refractivity contribution in [3.8, 4) is 0 Å². The molecule has 0 aromatic rings. The molecule has 0 fully saturated rings. The Labute approximate surface area is 78.7 Å². The summed E-state index contributed by atoms with van der Waals surface area (Å²) in [7, 11) is 0. The van der Waals surface area contributed by atoms with E-state index in [1.807, 2.05) is 5.32 Å². The van der Waals surface area contributed by atoms with Crippen LogP contribution < -0.4 is 5.32 Å². The first-order valence-electron chi connectivity index (χ1n) is 3.63. The van der Waals surface area contributed by atoms with Crippen LogP contribution in [0.25, 0.3) is 0 Å². The number of ketones is 1. The minimum atomic E-state index is -1.72. The molecule has 1 atom stereocenters. The number of carboxylic acids is 2. The molecule has 78 valence electrons. The van der Waals surface area contributed by atoms with E-state index in [0.717, 1.165) is 0 Å². The van der Waals surface area contributed by atoms with Gasteiger partial charge in [0.05, 0.1) is 6.42 Å². The molecule has 1 unspecified atom stereocenters. The number of aliphatic carboxylic acids is 2. The Kier molecular flexibility index (Phi) is 4.27. The Balaban J connectivity index is 4.05. The molecule has 0 heterocycles. The van der Waals surface area contributed by atoms with Crippen LogP contribution >= 0.6 is 0 Å². The summed E-state index contributed by atoms with van der Waals surface area (Å²) in [5, 5.41) is 18.4. The van der Waals surface area contributed by atoms with Crippen LogP contribution in [0.5, 0.6) is 0 Å². The number of rotatable bonds is 5. The van der Waals surface area contributed by atoms with Crippen LogP contribution in [-0.2, 0) is 19.2 Å². The van der Waals surface area contributed by atoms with E-state index in [-0.39, 0.29) is 0 Å². The Morgan fingerprint density at radius 1 is 1.21 bits per heavy atom. The van der Waals surface area contributed by atoms with Gasteiger partial charge in [0.2, 0.25) is 11.7 Å². The van der Waals surface area contributed by atoms with Crippen LogP contribution in [0, 0.1) is 0 Å². The molecule has 0 bridgehead atoms. The maximum atomic E-state index is 10.8. The van der Waals surface area contributed by atoms with Gasteiger partial charge in [-0.15, -0.1) is 0 Å². The summed E-state index contributed by atoms with van der Waals surface area (Å²) in [6.45, 7) is 1.20. The molecule has 3 N–H and O–H groups in total. The normalized spacial score (nSPS) is 11.5. The fourth-order valence-electron chi connectivity index (χ4n) is 0.576. The van der Waals surface area contributed by atoms with Crippen molar-refractivity contribution >= 4 is 23.6 Å². The van der Waals surface area contributed by atoms with E-state index in [1.54, 1.807) is 0 Å². The van der Waals surface area contributed by atoms with E-state index in [1.165, 1.54) is 6.92 Å². The van der Waals surface area contributed by atoms with Crippen molar-refractivity contribution in [1.29, 1.82) is 0 Å². The number of carboxylic acid groups (broad SMARTS) is 2. The number of carbonyl (C=O) groups excluding carboxylic acids is 2. The number of Topliss-reactive ketones (excluding diaryl/α,β-unsaturated/α-hetero) is 1. The highest BCUT2D eigenvalue weighted by Gasteiger charge is 2.19. The molecule has 0 saturated heterocycles. The second kappa shape index (κ2) is 4.95. The molecule has 7 nitrogen and oxygen atoms in total. The quantitative estimate of drug-likeness (QED) is 0.374. The molecule has 0 aromatic heterocycles. The molecule has 14 heavy (non-hydrogen) atoms. The largest absolute Gasteiger partial charge is 0.480 e. The summed E-state index contributed by atoms with van der Waals surface area (Å²) >= 11 is 0. The van der Waals surface area contributed by atoms with Crippen LogP contribution in [0.1, 0.15) is 13.3 Å². The Morgan fingerprint density at radius 3 is 2.07 bits per heavy atom. The van der Waals surface area contributed by atoms with E-state index in [0.29, 0.717) is 0 Å². The van der Waals surface area contributed by atoms with Gasteiger partial charge in [-0.2, -0.15) is 0 Å². The molecule has 0 rings (SSSR count). The SMILES string of the molecule is CC(NC(=O)CC(=O)C(=O)O)C(=O)O. The monoisotopic (exact) mass is 203 g/mol. The van der Waals surface area contributed by atoms with E-state index < -0.39 is 36.1 Å². The van der Waals surface area contributed by atoms with Gasteiger partial charge in [-0.1, -0.05) is 0 Å². The molecule has 0 aliphatic carbocycles. The van der Waals surface area contributed by atoms with Gasteiger partial charge in [0, 0.05) is 0 Å². The number of carbonyl (C=O) groups is 4. The van der Waals surface area contributed by atoms with Gasteiger partial charge in [0.1, 0.15) is 6.04 Å². The third-order valence-corrected chi connectivity index (χ3v) is 1.31. The van der Waals surface area contributed by atoms with Crippen molar-refractivity contribution in [2.75, 3.05) is 0 Å². The zero-order chi connectivity index (χ0) is 11.3. The lowest BCUT2D eigenvalue weighted by Crippen LogP contribution is -2.39. The first kappa shape index (κ1) is 12.1. The van der Waals surface area contributed by atoms with Gasteiger partial charge >= 0.3 is 11.9 Å². The average molecular weight is 203 g/mol. The predicted molar refractivity (Wildman–Crippen MR) is 42.5 cm³/mol. The second-order valence-electron chi connectivity index (χ2n) is 2.53. The fourth-order valence-corrected chi connectivity index (χ4v) is 0.576. The maximum Gasteiger partial charge on any atom is 0.372 e. The smallest absolute Gasteiger partial charge is 0.372 e. The van der Waals surface area contributed by atoms with Crippen molar-refractivity contribution in [2.45, 2.75) is 19.4 Å². The zero-order valence-electron chi connectivity index (χ0n) is 7.31. The van der Waals surface area contributed by atoms with Crippen LogP contribution in [0.15, 0.2) is 0 Å². The van der Waals surface area contributed by atoms with E-state index >= 15 is 0 Å². The van der Waals surface area contributed by atoms with Gasteiger partial charge in [0.25, 0.3) is 0 Å². The minimum absolute atomic E-state index is 0.854. The van der Waals surface area contributed by atoms with E-state index in [4.69, 9.17) is 10.2 Å². The molecule has 1 amide bonds. The molecule has 0 aromatic carbocycles. The molecule has 0 aliphatic heterocycles. The van der Waals surface area contributed by atoms with Crippen molar-refractivity contribution in [3.05, 3.63) is 0 Å². The summed E-state index contributed by atoms with van der Waals surface area (Å²) in [6, 6.07) is -1.15. The summed E-state index contributed by atoms with van der Waals surface area (Å²) in [5.74, 6) is -5.18. The Bertz CT molecular complexity index is 284. The molecule has 0 saturated carbocycles. The first-order chi connectivity index (χ1) is 6.34. The molecular weight excluding hydrogens is 194 g/mol. The number of hydrogen-bond donors (Lipinski definition) is 3. The number of amides is 1. The molecule has 7 heteroatoms. The van der Waals surface area contributed by atoms with Gasteiger partial charge in [-0.25, -0.2) is 4.79 Å². The van der Waals surface area contributed by atoms with Crippen molar-refractivity contribution in [2.24, 2.45) is 0 Å². The average Bonchev–Trinajstić information content (AvgIpc) is 2.03.